The fraction of sp³-hybridized carbons (Fsp3) is 0.200. The van der Waals surface area contributed by atoms with E-state index in [9.17, 15) is 0 Å². The molecule has 0 amide bonds. The Bertz CT molecular complexity index is 2210. The number of rotatable bonds is 4. The van der Waals surface area contributed by atoms with Gasteiger partial charge >= 0.3 is 0 Å². The van der Waals surface area contributed by atoms with E-state index in [0.717, 1.165) is 28.5 Å². The van der Waals surface area contributed by atoms with E-state index in [-0.39, 0.29) is 5.41 Å². The molecule has 228 valence electrons. The molecule has 1 aliphatic heterocycles. The largest absolute Gasteiger partial charge is 0.497 e. The molecule has 2 nitrogen and oxygen atoms in total. The minimum Gasteiger partial charge on any atom is -0.497 e. The van der Waals surface area contributed by atoms with E-state index in [1.807, 2.05) is 12.1 Å². The van der Waals surface area contributed by atoms with Gasteiger partial charge in [0, 0.05) is 27.5 Å². The number of fused-ring (bicyclic) bond motifs is 13. The van der Waals surface area contributed by atoms with Gasteiger partial charge in [-0.25, -0.2) is 0 Å². The molecular formula is C45H36O2. The monoisotopic (exact) mass is 608 g/mol. The van der Waals surface area contributed by atoms with Crippen LogP contribution in [0.25, 0.3) is 39.1 Å². The molecule has 0 saturated heterocycles. The summed E-state index contributed by atoms with van der Waals surface area (Å²) < 4.78 is 13.2. The minimum absolute atomic E-state index is 0.0497. The molecule has 1 heterocycles. The fourth-order valence-corrected chi connectivity index (χ4v) is 9.88. The van der Waals surface area contributed by atoms with Crippen LogP contribution in [0.3, 0.4) is 0 Å². The Balaban J connectivity index is 1.22. The maximum absolute atomic E-state index is 7.60. The summed E-state index contributed by atoms with van der Waals surface area (Å²) in [5.41, 5.74) is 11.0. The molecule has 0 N–H and O–H groups in total. The zero-order valence-corrected chi connectivity index (χ0v) is 26.6. The first kappa shape index (κ1) is 27.1. The van der Waals surface area contributed by atoms with Crippen molar-refractivity contribution in [2.45, 2.75) is 36.7 Å². The lowest BCUT2D eigenvalue weighted by molar-refractivity contribution is 0.163. The van der Waals surface area contributed by atoms with Crippen LogP contribution in [0, 0.1) is 11.8 Å². The summed E-state index contributed by atoms with van der Waals surface area (Å²) in [5.74, 6) is 3.31. The Morgan fingerprint density at radius 3 is 2.09 bits per heavy atom. The van der Waals surface area contributed by atoms with Crippen molar-refractivity contribution in [3.8, 4) is 33.8 Å². The third-order valence-electron chi connectivity index (χ3n) is 11.9. The number of ether oxygens (including phenoxy) is 2. The van der Waals surface area contributed by atoms with Crippen molar-refractivity contribution in [3.63, 3.8) is 0 Å². The average Bonchev–Trinajstić information content (AvgIpc) is 3.85. The molecular weight excluding hydrogens is 572 g/mol. The normalized spacial score (nSPS) is 24.6. The van der Waals surface area contributed by atoms with Gasteiger partial charge in [-0.05, 0) is 88.1 Å². The van der Waals surface area contributed by atoms with Gasteiger partial charge in [0.1, 0.15) is 11.5 Å². The Hall–Kier alpha value is -5.08. The smallest absolute Gasteiger partial charge is 0.178 e. The van der Waals surface area contributed by atoms with Gasteiger partial charge in [-0.2, -0.15) is 0 Å². The second-order valence-electron chi connectivity index (χ2n) is 14.0. The van der Waals surface area contributed by atoms with Crippen LogP contribution < -0.4 is 9.47 Å². The number of hydrogen-bond acceptors (Lipinski definition) is 2. The van der Waals surface area contributed by atoms with Crippen molar-refractivity contribution in [3.05, 3.63) is 161 Å². The first-order valence-corrected chi connectivity index (χ1v) is 17.1. The number of methoxy groups -OCH3 is 1. The number of benzene rings is 6. The molecule has 1 spiro atoms. The molecule has 0 aromatic heterocycles. The maximum atomic E-state index is 7.60. The van der Waals surface area contributed by atoms with E-state index in [0.29, 0.717) is 5.92 Å². The van der Waals surface area contributed by atoms with Gasteiger partial charge in [0.15, 0.2) is 5.60 Å². The number of hydrogen-bond donors (Lipinski definition) is 0. The van der Waals surface area contributed by atoms with E-state index in [1.165, 1.54) is 75.4 Å². The topological polar surface area (TPSA) is 18.5 Å². The lowest BCUT2D eigenvalue weighted by Crippen LogP contribution is -2.36. The highest BCUT2D eigenvalue weighted by Crippen LogP contribution is 2.68. The van der Waals surface area contributed by atoms with Crippen LogP contribution >= 0.6 is 0 Å². The zero-order chi connectivity index (χ0) is 31.2. The van der Waals surface area contributed by atoms with Crippen molar-refractivity contribution in [2.24, 2.45) is 11.8 Å². The van der Waals surface area contributed by atoms with Crippen LogP contribution in [0.5, 0.6) is 11.5 Å². The van der Waals surface area contributed by atoms with Crippen LogP contribution in [0.2, 0.25) is 0 Å². The van der Waals surface area contributed by atoms with Crippen LogP contribution in [-0.2, 0) is 11.0 Å². The molecule has 47 heavy (non-hydrogen) atoms. The molecule has 4 atom stereocenters. The van der Waals surface area contributed by atoms with Gasteiger partial charge in [-0.15, -0.1) is 0 Å². The van der Waals surface area contributed by atoms with Crippen molar-refractivity contribution in [2.75, 3.05) is 7.11 Å². The molecule has 6 aromatic carbocycles. The fourth-order valence-electron chi connectivity index (χ4n) is 9.88. The van der Waals surface area contributed by atoms with Crippen LogP contribution in [-0.4, -0.2) is 7.11 Å². The summed E-state index contributed by atoms with van der Waals surface area (Å²) in [6.45, 7) is 0. The van der Waals surface area contributed by atoms with Crippen LogP contribution in [0.4, 0.5) is 0 Å². The molecule has 2 fully saturated rings. The second-order valence-corrected chi connectivity index (χ2v) is 14.0. The molecule has 10 rings (SSSR count). The third kappa shape index (κ3) is 3.67. The highest BCUT2D eigenvalue weighted by atomic mass is 16.5. The molecule has 2 heteroatoms. The van der Waals surface area contributed by atoms with Gasteiger partial charge in [-0.1, -0.05) is 128 Å². The van der Waals surface area contributed by atoms with E-state index in [2.05, 4.69) is 127 Å². The predicted molar refractivity (Wildman–Crippen MR) is 191 cm³/mol. The Morgan fingerprint density at radius 2 is 1.36 bits per heavy atom. The van der Waals surface area contributed by atoms with Crippen molar-refractivity contribution >= 4 is 16.8 Å². The van der Waals surface area contributed by atoms with E-state index in [1.54, 1.807) is 7.11 Å². The Morgan fingerprint density at radius 1 is 0.681 bits per heavy atom. The third-order valence-corrected chi connectivity index (χ3v) is 11.9. The maximum Gasteiger partial charge on any atom is 0.178 e. The first-order chi connectivity index (χ1) is 23.2. The molecule has 2 saturated carbocycles. The lowest BCUT2D eigenvalue weighted by Gasteiger charge is -2.41. The van der Waals surface area contributed by atoms with E-state index in [4.69, 9.17) is 9.47 Å². The van der Waals surface area contributed by atoms with Gasteiger partial charge < -0.3 is 9.47 Å². The van der Waals surface area contributed by atoms with Crippen molar-refractivity contribution < 1.29 is 9.47 Å². The summed E-state index contributed by atoms with van der Waals surface area (Å²) in [7, 11) is 1.72. The Labute approximate surface area is 276 Å². The predicted octanol–water partition coefficient (Wildman–Crippen LogP) is 11.0. The summed E-state index contributed by atoms with van der Waals surface area (Å²) in [6.07, 6.45) is 10.0. The van der Waals surface area contributed by atoms with Gasteiger partial charge in [0.2, 0.25) is 0 Å². The SMILES string of the molecule is COc1ccc(C2(c3ccc(-c4ccccc4)cc3)C=Cc3c4c(c5ccccc5c3O2)-c2ccccc2C42CC3CCC2C3)cc1. The minimum atomic E-state index is -0.807. The summed E-state index contributed by atoms with van der Waals surface area (Å²) >= 11 is 0. The van der Waals surface area contributed by atoms with Crippen LogP contribution in [0.1, 0.15) is 53.5 Å². The molecule has 4 unspecified atom stereocenters. The second kappa shape index (κ2) is 9.96. The van der Waals surface area contributed by atoms with E-state index >= 15 is 0 Å². The summed E-state index contributed by atoms with van der Waals surface area (Å²) in [5, 5.41) is 2.48. The zero-order valence-electron chi connectivity index (χ0n) is 26.6. The van der Waals surface area contributed by atoms with Gasteiger partial charge in [0.25, 0.3) is 0 Å². The Kier molecular flexibility index (Phi) is 5.74. The van der Waals surface area contributed by atoms with E-state index < -0.39 is 5.60 Å². The van der Waals surface area contributed by atoms with Gasteiger partial charge in [0.05, 0.1) is 7.11 Å². The lowest BCUT2D eigenvalue weighted by atomic mass is 9.65. The summed E-state index contributed by atoms with van der Waals surface area (Å²) in [6, 6.07) is 46.1. The summed E-state index contributed by atoms with van der Waals surface area (Å²) in [4.78, 5) is 0. The standard InChI is InChI=1S/C45H36O2/c1-46-35-23-21-33(22-24-35)45(32-19-16-31(17-20-32)30-9-3-2-4-10-30)26-25-39-42-41(36-11-5-6-12-37(36)43(39)47-45)38-13-7-8-14-40(38)44(42)28-29-15-18-34(44)27-29/h2-14,16-17,19-26,29,34H,15,18,27-28H2,1H3. The van der Waals surface area contributed by atoms with Gasteiger partial charge in [-0.3, -0.25) is 0 Å². The molecule has 3 aliphatic carbocycles. The quantitative estimate of drug-likeness (QED) is 0.198. The highest BCUT2D eigenvalue weighted by Gasteiger charge is 2.58. The average molecular weight is 609 g/mol. The molecule has 4 aliphatic rings. The highest BCUT2D eigenvalue weighted by molar-refractivity contribution is 6.08. The first-order valence-electron chi connectivity index (χ1n) is 17.1. The van der Waals surface area contributed by atoms with Crippen LogP contribution in [0.15, 0.2) is 133 Å². The molecule has 2 bridgehead atoms. The molecule has 6 aromatic rings. The van der Waals surface area contributed by atoms with Crippen molar-refractivity contribution in [1.29, 1.82) is 0 Å². The molecule has 0 radical (unpaired) electrons. The van der Waals surface area contributed by atoms with Crippen molar-refractivity contribution in [1.82, 2.24) is 0 Å².